The summed E-state index contributed by atoms with van der Waals surface area (Å²) in [5.41, 5.74) is 7.27. The molecule has 0 fully saturated rings. The number of hydrogen-bond acceptors (Lipinski definition) is 5. The van der Waals surface area contributed by atoms with E-state index in [0.717, 1.165) is 16.5 Å². The predicted octanol–water partition coefficient (Wildman–Crippen LogP) is 1.36. The number of aromatic amines is 2. The SMILES string of the molecule is CCOC(=O)Cc1[nH][nH]c(=O)c1[C@H](CC(N)=O)c1ccc2ncccc2c1. The number of primary amides is 1. The van der Waals surface area contributed by atoms with Gasteiger partial charge in [0.25, 0.3) is 5.56 Å². The Morgan fingerprint density at radius 1 is 1.26 bits per heavy atom. The number of nitrogens with one attached hydrogen (secondary N) is 2. The number of nitrogens with zero attached hydrogens (tertiary/aromatic N) is 1. The lowest BCUT2D eigenvalue weighted by Crippen LogP contribution is -2.21. The maximum Gasteiger partial charge on any atom is 0.311 e. The highest BCUT2D eigenvalue weighted by Gasteiger charge is 2.26. The summed E-state index contributed by atoms with van der Waals surface area (Å²) in [6.45, 7) is 1.95. The third kappa shape index (κ3) is 4.05. The van der Waals surface area contributed by atoms with Crippen LogP contribution in [0.3, 0.4) is 0 Å². The molecule has 3 rings (SSSR count). The molecule has 140 valence electrons. The lowest BCUT2D eigenvalue weighted by atomic mass is 9.87. The maximum atomic E-state index is 12.4. The van der Waals surface area contributed by atoms with E-state index in [1.54, 1.807) is 13.1 Å². The van der Waals surface area contributed by atoms with E-state index in [1.807, 2.05) is 30.3 Å². The summed E-state index contributed by atoms with van der Waals surface area (Å²) in [5.74, 6) is -1.60. The average molecular weight is 368 g/mol. The van der Waals surface area contributed by atoms with Crippen molar-refractivity contribution >= 4 is 22.8 Å². The largest absolute Gasteiger partial charge is 0.466 e. The Morgan fingerprint density at radius 2 is 2.07 bits per heavy atom. The Hall–Kier alpha value is -3.42. The van der Waals surface area contributed by atoms with Crippen LogP contribution in [0.4, 0.5) is 0 Å². The van der Waals surface area contributed by atoms with E-state index < -0.39 is 23.4 Å². The van der Waals surface area contributed by atoms with Gasteiger partial charge in [-0.25, -0.2) is 0 Å². The Balaban J connectivity index is 2.07. The molecule has 0 unspecified atom stereocenters. The van der Waals surface area contributed by atoms with E-state index in [2.05, 4.69) is 15.2 Å². The van der Waals surface area contributed by atoms with Crippen molar-refractivity contribution in [1.29, 1.82) is 0 Å². The molecule has 3 aromatic rings. The van der Waals surface area contributed by atoms with Gasteiger partial charge in [0.1, 0.15) is 0 Å². The van der Waals surface area contributed by atoms with E-state index in [1.165, 1.54) is 0 Å². The summed E-state index contributed by atoms with van der Waals surface area (Å²) < 4.78 is 4.96. The van der Waals surface area contributed by atoms with Gasteiger partial charge in [0.05, 0.1) is 24.2 Å². The summed E-state index contributed by atoms with van der Waals surface area (Å²) in [6.07, 6.45) is 1.52. The van der Waals surface area contributed by atoms with Crippen molar-refractivity contribution in [3.63, 3.8) is 0 Å². The zero-order chi connectivity index (χ0) is 19.4. The number of fused-ring (bicyclic) bond motifs is 1. The number of nitrogens with two attached hydrogens (primary N) is 1. The van der Waals surface area contributed by atoms with Crippen molar-refractivity contribution < 1.29 is 14.3 Å². The number of esters is 1. The molecule has 1 atom stereocenters. The monoisotopic (exact) mass is 368 g/mol. The lowest BCUT2D eigenvalue weighted by molar-refractivity contribution is -0.142. The summed E-state index contributed by atoms with van der Waals surface area (Å²) in [4.78, 5) is 40.3. The fourth-order valence-electron chi connectivity index (χ4n) is 3.17. The first-order valence-corrected chi connectivity index (χ1v) is 8.57. The fraction of sp³-hybridized carbons (Fsp3) is 0.263. The number of aromatic nitrogens is 3. The number of rotatable bonds is 7. The number of H-pyrrole nitrogens is 2. The molecule has 2 heterocycles. The highest BCUT2D eigenvalue weighted by molar-refractivity contribution is 5.80. The second-order valence-electron chi connectivity index (χ2n) is 6.13. The van der Waals surface area contributed by atoms with Crippen LogP contribution < -0.4 is 11.3 Å². The Labute approximate surface area is 154 Å². The van der Waals surface area contributed by atoms with Gasteiger partial charge in [-0.3, -0.25) is 24.5 Å². The van der Waals surface area contributed by atoms with E-state index >= 15 is 0 Å². The molecule has 0 saturated carbocycles. The van der Waals surface area contributed by atoms with Gasteiger partial charge < -0.3 is 15.6 Å². The highest BCUT2D eigenvalue weighted by atomic mass is 16.5. The second-order valence-corrected chi connectivity index (χ2v) is 6.13. The smallest absolute Gasteiger partial charge is 0.311 e. The molecule has 8 nitrogen and oxygen atoms in total. The van der Waals surface area contributed by atoms with Crippen molar-refractivity contribution in [2.24, 2.45) is 5.73 Å². The molecule has 2 aromatic heterocycles. The van der Waals surface area contributed by atoms with Crippen molar-refractivity contribution in [3.05, 3.63) is 63.7 Å². The molecule has 0 saturated heterocycles. The van der Waals surface area contributed by atoms with Crippen LogP contribution >= 0.6 is 0 Å². The molecule has 0 spiro atoms. The number of amides is 1. The molecule has 0 bridgehead atoms. The molecule has 8 heteroatoms. The van der Waals surface area contributed by atoms with Gasteiger partial charge in [-0.1, -0.05) is 12.1 Å². The van der Waals surface area contributed by atoms with Crippen LogP contribution in [-0.4, -0.2) is 33.7 Å². The summed E-state index contributed by atoms with van der Waals surface area (Å²) in [7, 11) is 0. The van der Waals surface area contributed by atoms with Crippen LogP contribution in [0, 0.1) is 0 Å². The molecular weight excluding hydrogens is 348 g/mol. The van der Waals surface area contributed by atoms with Gasteiger partial charge in [-0.05, 0) is 30.7 Å². The molecular formula is C19H20N4O4. The van der Waals surface area contributed by atoms with E-state index in [0.29, 0.717) is 11.3 Å². The minimum Gasteiger partial charge on any atom is -0.466 e. The quantitative estimate of drug-likeness (QED) is 0.542. The topological polar surface area (TPSA) is 131 Å². The van der Waals surface area contributed by atoms with Gasteiger partial charge in [0, 0.05) is 29.5 Å². The molecule has 0 aliphatic heterocycles. The van der Waals surface area contributed by atoms with Gasteiger partial charge in [0.2, 0.25) is 5.91 Å². The predicted molar refractivity (Wildman–Crippen MR) is 99.1 cm³/mol. The van der Waals surface area contributed by atoms with Crippen molar-refractivity contribution in [2.45, 2.75) is 25.7 Å². The van der Waals surface area contributed by atoms with Crippen LogP contribution in [0.25, 0.3) is 10.9 Å². The molecule has 0 aliphatic carbocycles. The summed E-state index contributed by atoms with van der Waals surface area (Å²) in [6, 6.07) is 9.21. The molecule has 27 heavy (non-hydrogen) atoms. The lowest BCUT2D eigenvalue weighted by Gasteiger charge is -2.16. The van der Waals surface area contributed by atoms with Crippen LogP contribution in [-0.2, 0) is 20.7 Å². The van der Waals surface area contributed by atoms with Gasteiger partial charge in [-0.2, -0.15) is 0 Å². The van der Waals surface area contributed by atoms with Crippen molar-refractivity contribution in [1.82, 2.24) is 15.2 Å². The summed E-state index contributed by atoms with van der Waals surface area (Å²) >= 11 is 0. The normalized spacial score (nSPS) is 12.0. The summed E-state index contributed by atoms with van der Waals surface area (Å²) in [5, 5.41) is 6.09. The van der Waals surface area contributed by atoms with Crippen LogP contribution in [0.1, 0.15) is 36.1 Å². The maximum absolute atomic E-state index is 12.4. The number of carbonyl (C=O) groups excluding carboxylic acids is 2. The van der Waals surface area contributed by atoms with E-state index in [4.69, 9.17) is 10.5 Å². The zero-order valence-corrected chi connectivity index (χ0v) is 14.8. The molecule has 1 aromatic carbocycles. The molecule has 0 radical (unpaired) electrons. The number of ether oxygens (including phenoxy) is 1. The van der Waals surface area contributed by atoms with E-state index in [-0.39, 0.29) is 19.4 Å². The molecule has 1 amide bonds. The van der Waals surface area contributed by atoms with Gasteiger partial charge in [-0.15, -0.1) is 0 Å². The molecule has 0 aliphatic rings. The third-order valence-corrected chi connectivity index (χ3v) is 4.31. The Morgan fingerprint density at radius 3 is 2.81 bits per heavy atom. The van der Waals surface area contributed by atoms with Gasteiger partial charge in [0.15, 0.2) is 0 Å². The first-order valence-electron chi connectivity index (χ1n) is 8.57. The first-order chi connectivity index (χ1) is 13.0. The second kappa shape index (κ2) is 7.86. The van der Waals surface area contributed by atoms with E-state index in [9.17, 15) is 14.4 Å². The number of pyridine rings is 1. The zero-order valence-electron chi connectivity index (χ0n) is 14.8. The van der Waals surface area contributed by atoms with Crippen molar-refractivity contribution in [3.8, 4) is 0 Å². The number of carbonyl (C=O) groups is 2. The van der Waals surface area contributed by atoms with Crippen LogP contribution in [0.2, 0.25) is 0 Å². The average Bonchev–Trinajstić information content (AvgIpc) is 2.99. The highest BCUT2D eigenvalue weighted by Crippen LogP contribution is 2.30. The Kier molecular flexibility index (Phi) is 5.35. The van der Waals surface area contributed by atoms with Crippen molar-refractivity contribution in [2.75, 3.05) is 6.61 Å². The number of benzene rings is 1. The standard InChI is InChI=1S/C19H20N4O4/c1-2-27-17(25)10-15-18(19(26)23-22-15)13(9-16(20)24)11-5-6-14-12(8-11)4-3-7-21-14/h3-8,13H,2,9-10H2,1H3,(H2,20,24)(H2,22,23,26)/t13-/m1/s1. The third-order valence-electron chi connectivity index (χ3n) is 4.31. The Bertz CT molecular complexity index is 1040. The fourth-order valence-corrected chi connectivity index (χ4v) is 3.17. The molecule has 4 N–H and O–H groups in total. The minimum atomic E-state index is -0.591. The first kappa shape index (κ1) is 18.4. The minimum absolute atomic E-state index is 0.0669. The number of hydrogen-bond donors (Lipinski definition) is 3. The van der Waals surface area contributed by atoms with Crippen LogP contribution in [0.15, 0.2) is 41.3 Å². The van der Waals surface area contributed by atoms with Gasteiger partial charge >= 0.3 is 5.97 Å². The van der Waals surface area contributed by atoms with Crippen LogP contribution in [0.5, 0.6) is 0 Å².